The van der Waals surface area contributed by atoms with Gasteiger partial charge in [0.15, 0.2) is 0 Å². The van der Waals surface area contributed by atoms with E-state index in [-0.39, 0.29) is 5.91 Å². The van der Waals surface area contributed by atoms with Gasteiger partial charge in [-0.25, -0.2) is 4.99 Å². The first-order valence-corrected chi connectivity index (χ1v) is 8.58. The Morgan fingerprint density at radius 1 is 0.846 bits per heavy atom. The number of nitrogens with one attached hydrogen (secondary N) is 1. The van der Waals surface area contributed by atoms with Gasteiger partial charge in [-0.15, -0.1) is 0 Å². The molecule has 0 saturated carbocycles. The van der Waals surface area contributed by atoms with Crippen LogP contribution in [0.25, 0.3) is 0 Å². The van der Waals surface area contributed by atoms with Crippen molar-refractivity contribution in [1.82, 2.24) is 0 Å². The normalized spacial score (nSPS) is 14.2. The molecule has 1 heterocycles. The molecular formula is C20H12Cl2N2O2. The maximum Gasteiger partial charge on any atom is 0.275 e. The van der Waals surface area contributed by atoms with Gasteiger partial charge in [0.25, 0.3) is 5.91 Å². The van der Waals surface area contributed by atoms with Crippen LogP contribution < -0.4 is 10.1 Å². The highest BCUT2D eigenvalue weighted by Crippen LogP contribution is 2.32. The van der Waals surface area contributed by atoms with Crippen LogP contribution in [0.3, 0.4) is 0 Å². The number of carbonyl (C=O) groups excluding carboxylic acids is 1. The minimum Gasteiger partial charge on any atom is -0.457 e. The Hall–Kier alpha value is -2.82. The molecule has 4 nitrogen and oxygen atoms in total. The molecule has 6 heteroatoms. The SMILES string of the molecule is O=C1Nc2c(Cl)cccc2C1=Nc1ccc(Oc2ccc(Cl)cc2)cc1. The Kier molecular flexibility index (Phi) is 4.37. The fraction of sp³-hybridized carbons (Fsp3) is 0. The van der Waals surface area contributed by atoms with Gasteiger partial charge < -0.3 is 10.1 Å². The minimum absolute atomic E-state index is 0.269. The van der Waals surface area contributed by atoms with Gasteiger partial charge in [0.2, 0.25) is 0 Å². The molecule has 0 unspecified atom stereocenters. The van der Waals surface area contributed by atoms with Gasteiger partial charge >= 0.3 is 0 Å². The summed E-state index contributed by atoms with van der Waals surface area (Å²) >= 11 is 12.0. The van der Waals surface area contributed by atoms with Crippen LogP contribution in [0.4, 0.5) is 11.4 Å². The fourth-order valence-corrected chi connectivity index (χ4v) is 2.96. The first-order valence-electron chi connectivity index (χ1n) is 7.82. The van der Waals surface area contributed by atoms with Crippen molar-refractivity contribution in [3.63, 3.8) is 0 Å². The number of hydrogen-bond acceptors (Lipinski definition) is 3. The third kappa shape index (κ3) is 3.29. The summed E-state index contributed by atoms with van der Waals surface area (Å²) in [5.41, 5.74) is 2.28. The predicted octanol–water partition coefficient (Wildman–Crippen LogP) is 5.86. The lowest BCUT2D eigenvalue weighted by Crippen LogP contribution is -2.13. The molecule has 1 N–H and O–H groups in total. The summed E-state index contributed by atoms with van der Waals surface area (Å²) in [6.45, 7) is 0. The first-order chi connectivity index (χ1) is 12.6. The molecule has 0 spiro atoms. The van der Waals surface area contributed by atoms with Crippen molar-refractivity contribution < 1.29 is 9.53 Å². The van der Waals surface area contributed by atoms with Gasteiger partial charge in [-0.1, -0.05) is 35.3 Å². The van der Waals surface area contributed by atoms with Crippen molar-refractivity contribution in [2.45, 2.75) is 0 Å². The van der Waals surface area contributed by atoms with Crippen molar-refractivity contribution in [3.05, 3.63) is 82.3 Å². The Labute approximate surface area is 160 Å². The smallest absolute Gasteiger partial charge is 0.275 e. The number of nitrogens with zero attached hydrogens (tertiary/aromatic N) is 1. The second kappa shape index (κ2) is 6.83. The van der Waals surface area contributed by atoms with E-state index in [2.05, 4.69) is 10.3 Å². The molecule has 1 amide bonds. The zero-order valence-electron chi connectivity index (χ0n) is 13.4. The number of fused-ring (bicyclic) bond motifs is 1. The highest BCUT2D eigenvalue weighted by atomic mass is 35.5. The third-order valence-electron chi connectivity index (χ3n) is 3.85. The lowest BCUT2D eigenvalue weighted by Gasteiger charge is -2.06. The average Bonchev–Trinajstić information content (AvgIpc) is 2.96. The Morgan fingerprint density at radius 3 is 2.19 bits per heavy atom. The third-order valence-corrected chi connectivity index (χ3v) is 4.42. The Balaban J connectivity index is 1.58. The number of para-hydroxylation sites is 1. The van der Waals surface area contributed by atoms with Crippen LogP contribution >= 0.6 is 23.2 Å². The summed E-state index contributed by atoms with van der Waals surface area (Å²) in [7, 11) is 0. The number of anilines is 1. The standard InChI is InChI=1S/C20H12Cl2N2O2/c21-12-4-8-14(9-5-12)26-15-10-6-13(7-11-15)23-19-16-2-1-3-17(22)18(16)24-20(19)25/h1-11H,(H,23,24,25). The molecule has 3 aromatic rings. The van der Waals surface area contributed by atoms with Gasteiger partial charge in [0.1, 0.15) is 17.2 Å². The van der Waals surface area contributed by atoms with Gasteiger partial charge in [-0.05, 0) is 54.6 Å². The molecule has 1 aliphatic heterocycles. The van der Waals surface area contributed by atoms with Crippen LogP contribution in [0.2, 0.25) is 10.0 Å². The number of ether oxygens (including phenoxy) is 1. The molecule has 0 saturated heterocycles. The maximum atomic E-state index is 12.2. The van der Waals surface area contributed by atoms with Crippen molar-refractivity contribution in [1.29, 1.82) is 0 Å². The van der Waals surface area contributed by atoms with Gasteiger partial charge in [0.05, 0.1) is 16.4 Å². The molecule has 0 aromatic heterocycles. The summed E-state index contributed by atoms with van der Waals surface area (Å²) in [6, 6.07) is 19.6. The first kappa shape index (κ1) is 16.6. The molecule has 4 rings (SSSR count). The number of aliphatic imine (C=N–C) groups is 1. The van der Waals surface area contributed by atoms with E-state index < -0.39 is 0 Å². The number of hydrogen-bond donors (Lipinski definition) is 1. The summed E-state index contributed by atoms with van der Waals surface area (Å²) in [5, 5.41) is 3.89. The number of rotatable bonds is 3. The van der Waals surface area contributed by atoms with Gasteiger partial charge in [-0.3, -0.25) is 4.79 Å². The van der Waals surface area contributed by atoms with Crippen LogP contribution in [-0.4, -0.2) is 11.6 Å². The Bertz CT molecular complexity index is 1010. The van der Waals surface area contributed by atoms with E-state index >= 15 is 0 Å². The number of halogens is 2. The van der Waals surface area contributed by atoms with Crippen molar-refractivity contribution in [2.24, 2.45) is 4.99 Å². The largest absolute Gasteiger partial charge is 0.457 e. The molecule has 26 heavy (non-hydrogen) atoms. The van der Waals surface area contributed by atoms with Crippen molar-refractivity contribution in [2.75, 3.05) is 5.32 Å². The van der Waals surface area contributed by atoms with E-state index in [0.29, 0.717) is 44.2 Å². The summed E-state index contributed by atoms with van der Waals surface area (Å²) in [5.74, 6) is 1.08. The van der Waals surface area contributed by atoms with E-state index in [1.165, 1.54) is 0 Å². The molecule has 0 fully saturated rings. The number of carbonyl (C=O) groups is 1. The lowest BCUT2D eigenvalue weighted by molar-refractivity contribution is -0.110. The van der Waals surface area contributed by atoms with Crippen LogP contribution in [0.1, 0.15) is 5.56 Å². The minimum atomic E-state index is -0.269. The molecule has 0 aliphatic carbocycles. The maximum absolute atomic E-state index is 12.2. The molecular weight excluding hydrogens is 371 g/mol. The molecule has 3 aromatic carbocycles. The molecule has 1 aliphatic rings. The summed E-state index contributed by atoms with van der Waals surface area (Å²) in [4.78, 5) is 16.6. The van der Waals surface area contributed by atoms with E-state index in [4.69, 9.17) is 27.9 Å². The molecule has 0 atom stereocenters. The summed E-state index contributed by atoms with van der Waals surface area (Å²) in [6.07, 6.45) is 0. The average molecular weight is 383 g/mol. The second-order valence-corrected chi connectivity index (χ2v) is 6.47. The molecule has 0 bridgehead atoms. The lowest BCUT2D eigenvalue weighted by atomic mass is 10.1. The monoisotopic (exact) mass is 382 g/mol. The van der Waals surface area contributed by atoms with E-state index in [1.807, 2.05) is 6.07 Å². The van der Waals surface area contributed by atoms with Crippen LogP contribution in [0.5, 0.6) is 11.5 Å². The molecule has 0 radical (unpaired) electrons. The second-order valence-electron chi connectivity index (χ2n) is 5.63. The van der Waals surface area contributed by atoms with Gasteiger partial charge in [0, 0.05) is 10.6 Å². The zero-order chi connectivity index (χ0) is 18.1. The van der Waals surface area contributed by atoms with E-state index in [9.17, 15) is 4.79 Å². The van der Waals surface area contributed by atoms with Crippen LogP contribution in [0.15, 0.2) is 71.7 Å². The van der Waals surface area contributed by atoms with Crippen LogP contribution in [0, 0.1) is 0 Å². The van der Waals surface area contributed by atoms with Crippen molar-refractivity contribution in [3.8, 4) is 11.5 Å². The number of amides is 1. The zero-order valence-corrected chi connectivity index (χ0v) is 14.9. The fourth-order valence-electron chi connectivity index (χ4n) is 2.61. The highest BCUT2D eigenvalue weighted by Gasteiger charge is 2.27. The Morgan fingerprint density at radius 2 is 1.50 bits per heavy atom. The molecule has 128 valence electrons. The highest BCUT2D eigenvalue weighted by molar-refractivity contribution is 6.55. The number of benzene rings is 3. The summed E-state index contributed by atoms with van der Waals surface area (Å²) < 4.78 is 5.75. The topological polar surface area (TPSA) is 50.7 Å². The van der Waals surface area contributed by atoms with Crippen molar-refractivity contribution >= 4 is 46.2 Å². The van der Waals surface area contributed by atoms with E-state index in [0.717, 1.165) is 0 Å². The van der Waals surface area contributed by atoms with Gasteiger partial charge in [-0.2, -0.15) is 0 Å². The predicted molar refractivity (Wildman–Crippen MR) is 104 cm³/mol. The van der Waals surface area contributed by atoms with E-state index in [1.54, 1.807) is 60.7 Å². The quantitative estimate of drug-likeness (QED) is 0.616. The van der Waals surface area contributed by atoms with Crippen LogP contribution in [-0.2, 0) is 4.79 Å².